The molecule has 0 bridgehead atoms. The Morgan fingerprint density at radius 2 is 1.64 bits per heavy atom. The third kappa shape index (κ3) is 6.38. The monoisotopic (exact) mass is 543 g/mol. The van der Waals surface area contributed by atoms with Crippen molar-refractivity contribution in [3.05, 3.63) is 93.5 Å². The van der Waals surface area contributed by atoms with Crippen molar-refractivity contribution in [1.29, 1.82) is 0 Å². The number of aromatic amines is 1. The number of methoxy groups -OCH3 is 1. The zero-order valence-electron chi connectivity index (χ0n) is 22.1. The minimum Gasteiger partial charge on any atom is -0.497 e. The highest BCUT2D eigenvalue weighted by atomic mass is 32.1. The van der Waals surface area contributed by atoms with Crippen molar-refractivity contribution in [3.63, 3.8) is 0 Å². The van der Waals surface area contributed by atoms with E-state index in [2.05, 4.69) is 32.2 Å². The maximum atomic E-state index is 13.0. The number of nitrogens with one attached hydrogen (secondary N) is 2. The topological polar surface area (TPSA) is 82.6 Å². The Morgan fingerprint density at radius 1 is 0.949 bits per heavy atom. The predicted octanol–water partition coefficient (Wildman–Crippen LogP) is 3.93. The van der Waals surface area contributed by atoms with Crippen molar-refractivity contribution >= 4 is 34.7 Å². The summed E-state index contributed by atoms with van der Waals surface area (Å²) in [5.74, 6) is 0.867. The second kappa shape index (κ2) is 12.3. The Balaban J connectivity index is 1.06. The first-order valence-electron chi connectivity index (χ1n) is 13.2. The zero-order valence-corrected chi connectivity index (χ0v) is 22.9. The molecule has 0 aliphatic carbocycles. The van der Waals surface area contributed by atoms with Gasteiger partial charge >= 0.3 is 0 Å². The third-order valence-corrected chi connectivity index (χ3v) is 7.43. The molecule has 1 aliphatic rings. The molecule has 1 aromatic heterocycles. The molecule has 2 N–H and O–H groups in total. The SMILES string of the molecule is COc1ccc(N2CCN(CCCNC(=O)Cc3ccc(-n4c(=S)[nH]c5ccccc5c4=O)cc3)CC2)cc1. The molecule has 4 aromatic rings. The predicted molar refractivity (Wildman–Crippen MR) is 158 cm³/mol. The number of ether oxygens (including phenoxy) is 1. The van der Waals surface area contributed by atoms with Crippen LogP contribution in [0.1, 0.15) is 12.0 Å². The van der Waals surface area contributed by atoms with Crippen LogP contribution in [0, 0.1) is 4.77 Å². The number of piperazine rings is 1. The Bertz CT molecular complexity index is 1540. The lowest BCUT2D eigenvalue weighted by Crippen LogP contribution is -2.47. The smallest absolute Gasteiger partial charge is 0.266 e. The highest BCUT2D eigenvalue weighted by Crippen LogP contribution is 2.20. The number of amides is 1. The fraction of sp³-hybridized carbons (Fsp3) is 0.300. The highest BCUT2D eigenvalue weighted by molar-refractivity contribution is 7.71. The van der Waals surface area contributed by atoms with E-state index in [1.165, 1.54) is 10.3 Å². The molecule has 5 rings (SSSR count). The number of H-pyrrole nitrogens is 1. The number of para-hydroxylation sites is 1. The largest absolute Gasteiger partial charge is 0.497 e. The number of hydrogen-bond donors (Lipinski definition) is 2. The fourth-order valence-corrected chi connectivity index (χ4v) is 5.26. The highest BCUT2D eigenvalue weighted by Gasteiger charge is 2.17. The van der Waals surface area contributed by atoms with Gasteiger partial charge in [0.1, 0.15) is 5.75 Å². The van der Waals surface area contributed by atoms with E-state index in [1.54, 1.807) is 13.2 Å². The van der Waals surface area contributed by atoms with Crippen LogP contribution >= 0.6 is 12.2 Å². The van der Waals surface area contributed by atoms with E-state index in [0.29, 0.717) is 34.3 Å². The quantitative estimate of drug-likeness (QED) is 0.246. The third-order valence-electron chi connectivity index (χ3n) is 7.15. The standard InChI is InChI=1S/C30H33N5O3S/c1-38-25-13-11-23(12-14-25)34-19-17-33(18-20-34)16-4-15-31-28(36)21-22-7-9-24(10-8-22)35-29(37)26-5-2-3-6-27(26)32-30(35)39/h2-3,5-14H,4,15-21H2,1H3,(H,31,36)(H,32,39). The Kier molecular flexibility index (Phi) is 8.39. The molecule has 39 heavy (non-hydrogen) atoms. The summed E-state index contributed by atoms with van der Waals surface area (Å²) in [6.07, 6.45) is 1.20. The summed E-state index contributed by atoms with van der Waals surface area (Å²) in [6, 6.07) is 22.9. The molecular formula is C30H33N5O3S. The van der Waals surface area contributed by atoms with Crippen LogP contribution in [0.4, 0.5) is 5.69 Å². The van der Waals surface area contributed by atoms with E-state index in [9.17, 15) is 9.59 Å². The number of carbonyl (C=O) groups is 1. The van der Waals surface area contributed by atoms with Gasteiger partial charge in [-0.15, -0.1) is 0 Å². The number of carbonyl (C=O) groups excluding carboxylic acids is 1. The van der Waals surface area contributed by atoms with Crippen molar-refractivity contribution in [1.82, 2.24) is 19.8 Å². The van der Waals surface area contributed by atoms with Gasteiger partial charge in [-0.25, -0.2) is 0 Å². The molecule has 1 fully saturated rings. The van der Waals surface area contributed by atoms with E-state index in [-0.39, 0.29) is 11.5 Å². The maximum absolute atomic E-state index is 13.0. The van der Waals surface area contributed by atoms with Crippen LogP contribution < -0.4 is 20.5 Å². The molecule has 0 spiro atoms. The first-order valence-corrected chi connectivity index (χ1v) is 13.6. The van der Waals surface area contributed by atoms with Gasteiger partial charge in [-0.05, 0) is 79.3 Å². The number of hydrogen-bond acceptors (Lipinski definition) is 6. The van der Waals surface area contributed by atoms with Crippen LogP contribution in [-0.2, 0) is 11.2 Å². The van der Waals surface area contributed by atoms with Crippen molar-refractivity contribution in [2.24, 2.45) is 0 Å². The van der Waals surface area contributed by atoms with E-state index in [4.69, 9.17) is 17.0 Å². The van der Waals surface area contributed by atoms with Crippen LogP contribution in [0.15, 0.2) is 77.6 Å². The molecule has 1 aliphatic heterocycles. The normalized spacial score (nSPS) is 13.9. The van der Waals surface area contributed by atoms with Gasteiger partial charge in [-0.3, -0.25) is 19.1 Å². The molecule has 0 saturated carbocycles. The lowest BCUT2D eigenvalue weighted by atomic mass is 10.1. The van der Waals surface area contributed by atoms with Crippen LogP contribution in [0.3, 0.4) is 0 Å². The molecule has 2 heterocycles. The van der Waals surface area contributed by atoms with Gasteiger partial charge in [0.15, 0.2) is 4.77 Å². The molecule has 3 aromatic carbocycles. The van der Waals surface area contributed by atoms with E-state index < -0.39 is 0 Å². The van der Waals surface area contributed by atoms with Crippen molar-refractivity contribution in [2.45, 2.75) is 12.8 Å². The number of nitrogens with zero attached hydrogens (tertiary/aromatic N) is 3. The minimum atomic E-state index is -0.165. The Morgan fingerprint density at radius 3 is 2.36 bits per heavy atom. The van der Waals surface area contributed by atoms with Crippen molar-refractivity contribution < 1.29 is 9.53 Å². The Labute approximate surface area is 232 Å². The summed E-state index contributed by atoms with van der Waals surface area (Å²) in [5.41, 5.74) is 3.33. The summed E-state index contributed by atoms with van der Waals surface area (Å²) < 4.78 is 7.07. The van der Waals surface area contributed by atoms with Gasteiger partial charge in [-0.1, -0.05) is 24.3 Å². The molecule has 202 valence electrons. The number of anilines is 1. The summed E-state index contributed by atoms with van der Waals surface area (Å²) in [5, 5.41) is 3.61. The molecule has 0 radical (unpaired) electrons. The number of rotatable bonds is 9. The van der Waals surface area contributed by atoms with E-state index in [1.807, 2.05) is 54.6 Å². The Hall–Kier alpha value is -3.95. The first kappa shape index (κ1) is 26.6. The van der Waals surface area contributed by atoms with Gasteiger partial charge in [0.2, 0.25) is 5.91 Å². The molecule has 1 saturated heterocycles. The molecule has 0 atom stereocenters. The lowest BCUT2D eigenvalue weighted by Gasteiger charge is -2.36. The number of fused-ring (bicyclic) bond motifs is 1. The van der Waals surface area contributed by atoms with E-state index in [0.717, 1.165) is 50.5 Å². The van der Waals surface area contributed by atoms with Crippen LogP contribution in [0.25, 0.3) is 16.6 Å². The van der Waals surface area contributed by atoms with Gasteiger partial charge < -0.3 is 19.9 Å². The first-order chi connectivity index (χ1) is 19.0. The molecule has 8 nitrogen and oxygen atoms in total. The average Bonchev–Trinajstić information content (AvgIpc) is 2.96. The molecule has 0 unspecified atom stereocenters. The summed E-state index contributed by atoms with van der Waals surface area (Å²) in [6.45, 7) is 5.62. The molecule has 1 amide bonds. The van der Waals surface area contributed by atoms with Crippen molar-refractivity contribution in [2.75, 3.05) is 51.3 Å². The minimum absolute atomic E-state index is 0.00719. The molecule has 9 heteroatoms. The van der Waals surface area contributed by atoms with Crippen molar-refractivity contribution in [3.8, 4) is 11.4 Å². The van der Waals surface area contributed by atoms with Crippen LogP contribution in [-0.4, -0.2) is 66.7 Å². The van der Waals surface area contributed by atoms with E-state index >= 15 is 0 Å². The summed E-state index contributed by atoms with van der Waals surface area (Å²) in [4.78, 5) is 33.4. The van der Waals surface area contributed by atoms with Gasteiger partial charge in [-0.2, -0.15) is 0 Å². The molecular weight excluding hydrogens is 510 g/mol. The fourth-order valence-electron chi connectivity index (χ4n) is 4.96. The maximum Gasteiger partial charge on any atom is 0.266 e. The van der Waals surface area contributed by atoms with Gasteiger partial charge in [0.05, 0.1) is 30.1 Å². The summed E-state index contributed by atoms with van der Waals surface area (Å²) >= 11 is 5.43. The zero-order chi connectivity index (χ0) is 27.2. The summed E-state index contributed by atoms with van der Waals surface area (Å²) in [7, 11) is 1.68. The average molecular weight is 544 g/mol. The van der Waals surface area contributed by atoms with Crippen LogP contribution in [0.5, 0.6) is 5.75 Å². The van der Waals surface area contributed by atoms with Gasteiger partial charge in [0, 0.05) is 38.4 Å². The lowest BCUT2D eigenvalue weighted by molar-refractivity contribution is -0.120. The second-order valence-corrected chi connectivity index (χ2v) is 10.1. The van der Waals surface area contributed by atoms with Gasteiger partial charge in [0.25, 0.3) is 5.56 Å². The number of benzene rings is 3. The van der Waals surface area contributed by atoms with Crippen LogP contribution in [0.2, 0.25) is 0 Å². The number of aromatic nitrogens is 2. The second-order valence-electron chi connectivity index (χ2n) is 9.69.